The molecule has 300 valence electrons. The SMILES string of the molecule is CC1(C)c2cc(N(c3ccc4c(c3)C3(c5ccccc5-c5ccccc53)c3ccccc3-4)c3ccc4ccccc4c3)ccc2-c2c1cc1sc3ccccc3c1c2-c1ccccc1. The lowest BCUT2D eigenvalue weighted by atomic mass is 9.70. The van der Waals surface area contributed by atoms with E-state index < -0.39 is 5.41 Å². The Morgan fingerprint density at radius 1 is 0.359 bits per heavy atom. The Labute approximate surface area is 377 Å². The average molecular weight is 832 g/mol. The van der Waals surface area contributed by atoms with Crippen LogP contribution >= 0.6 is 11.3 Å². The molecule has 1 spiro atoms. The van der Waals surface area contributed by atoms with Crippen LogP contribution < -0.4 is 4.90 Å². The number of hydrogen-bond acceptors (Lipinski definition) is 2. The molecule has 1 aromatic heterocycles. The van der Waals surface area contributed by atoms with Crippen molar-refractivity contribution in [1.29, 1.82) is 0 Å². The van der Waals surface area contributed by atoms with E-state index in [1.54, 1.807) is 0 Å². The maximum atomic E-state index is 2.52. The molecule has 10 aromatic carbocycles. The van der Waals surface area contributed by atoms with Crippen molar-refractivity contribution in [2.45, 2.75) is 24.7 Å². The summed E-state index contributed by atoms with van der Waals surface area (Å²) in [4.78, 5) is 2.51. The summed E-state index contributed by atoms with van der Waals surface area (Å²) in [5.41, 5.74) is 21.5. The van der Waals surface area contributed by atoms with Gasteiger partial charge in [-0.1, -0.05) is 178 Å². The van der Waals surface area contributed by atoms with Crippen molar-refractivity contribution in [2.24, 2.45) is 0 Å². The van der Waals surface area contributed by atoms with E-state index in [0.717, 1.165) is 17.1 Å². The highest BCUT2D eigenvalue weighted by molar-refractivity contribution is 7.26. The first-order chi connectivity index (χ1) is 31.5. The van der Waals surface area contributed by atoms with Gasteiger partial charge in [0.15, 0.2) is 0 Å². The van der Waals surface area contributed by atoms with Gasteiger partial charge in [0.2, 0.25) is 0 Å². The highest BCUT2D eigenvalue weighted by Gasteiger charge is 2.51. The van der Waals surface area contributed by atoms with Crippen LogP contribution in [0.25, 0.3) is 75.5 Å². The van der Waals surface area contributed by atoms with Crippen molar-refractivity contribution in [3.63, 3.8) is 0 Å². The van der Waals surface area contributed by atoms with Crippen LogP contribution in [0.3, 0.4) is 0 Å². The van der Waals surface area contributed by atoms with Crippen LogP contribution in [0.5, 0.6) is 0 Å². The first-order valence-electron chi connectivity index (χ1n) is 22.4. The second-order valence-corrected chi connectivity index (χ2v) is 19.4. The fourth-order valence-electron chi connectivity index (χ4n) is 12.1. The highest BCUT2D eigenvalue weighted by atomic mass is 32.1. The number of rotatable bonds is 4. The lowest BCUT2D eigenvalue weighted by Gasteiger charge is -2.32. The predicted octanol–water partition coefficient (Wildman–Crippen LogP) is 17.0. The summed E-state index contributed by atoms with van der Waals surface area (Å²) in [7, 11) is 0. The van der Waals surface area contributed by atoms with Gasteiger partial charge in [0, 0.05) is 42.6 Å². The lowest BCUT2D eigenvalue weighted by molar-refractivity contribution is 0.661. The van der Waals surface area contributed by atoms with Crippen molar-refractivity contribution in [1.82, 2.24) is 0 Å². The predicted molar refractivity (Wildman–Crippen MR) is 271 cm³/mol. The van der Waals surface area contributed by atoms with Crippen LogP contribution in [-0.2, 0) is 10.8 Å². The molecule has 0 saturated carbocycles. The van der Waals surface area contributed by atoms with Crippen molar-refractivity contribution in [2.75, 3.05) is 4.90 Å². The number of hydrogen-bond donors (Lipinski definition) is 0. The molecule has 11 aromatic rings. The lowest BCUT2D eigenvalue weighted by Crippen LogP contribution is -2.26. The number of anilines is 3. The van der Waals surface area contributed by atoms with Crippen LogP contribution in [0.1, 0.15) is 47.2 Å². The van der Waals surface area contributed by atoms with Gasteiger partial charge in [-0.25, -0.2) is 0 Å². The van der Waals surface area contributed by atoms with E-state index in [9.17, 15) is 0 Å². The van der Waals surface area contributed by atoms with E-state index in [0.29, 0.717) is 0 Å². The molecule has 1 nitrogen and oxygen atoms in total. The summed E-state index contributed by atoms with van der Waals surface area (Å²) in [6, 6.07) is 80.1. The van der Waals surface area contributed by atoms with E-state index in [2.05, 4.69) is 231 Å². The molecule has 2 heteroatoms. The summed E-state index contributed by atoms with van der Waals surface area (Å²) in [6.45, 7) is 4.86. The Hall–Kier alpha value is -7.52. The maximum absolute atomic E-state index is 2.52. The fourth-order valence-corrected chi connectivity index (χ4v) is 13.2. The quantitative estimate of drug-likeness (QED) is 0.171. The average Bonchev–Trinajstić information content (AvgIpc) is 4.03. The summed E-state index contributed by atoms with van der Waals surface area (Å²) >= 11 is 1.92. The second kappa shape index (κ2) is 13.0. The molecule has 0 bridgehead atoms. The summed E-state index contributed by atoms with van der Waals surface area (Å²) in [6.07, 6.45) is 0. The Morgan fingerprint density at radius 3 is 1.59 bits per heavy atom. The van der Waals surface area contributed by atoms with Gasteiger partial charge in [-0.3, -0.25) is 0 Å². The summed E-state index contributed by atoms with van der Waals surface area (Å²) in [5.74, 6) is 0. The minimum Gasteiger partial charge on any atom is -0.310 e. The third-order valence-electron chi connectivity index (χ3n) is 14.8. The van der Waals surface area contributed by atoms with Crippen molar-refractivity contribution in [3.8, 4) is 44.5 Å². The van der Waals surface area contributed by atoms with E-state index in [1.165, 1.54) is 109 Å². The van der Waals surface area contributed by atoms with E-state index in [-0.39, 0.29) is 5.41 Å². The van der Waals surface area contributed by atoms with Gasteiger partial charge in [0.05, 0.1) is 5.41 Å². The topological polar surface area (TPSA) is 3.24 Å². The van der Waals surface area contributed by atoms with Crippen LogP contribution in [-0.4, -0.2) is 0 Å². The van der Waals surface area contributed by atoms with Gasteiger partial charge in [-0.05, 0) is 137 Å². The molecule has 1 heterocycles. The van der Waals surface area contributed by atoms with Crippen LogP contribution in [0.15, 0.2) is 212 Å². The van der Waals surface area contributed by atoms with Gasteiger partial charge in [0.1, 0.15) is 0 Å². The molecule has 14 rings (SSSR count). The van der Waals surface area contributed by atoms with E-state index >= 15 is 0 Å². The molecule has 0 unspecified atom stereocenters. The van der Waals surface area contributed by atoms with Gasteiger partial charge >= 0.3 is 0 Å². The Balaban J connectivity index is 1.02. The molecule has 0 aliphatic heterocycles. The fraction of sp³-hybridized carbons (Fsp3) is 0.0645. The second-order valence-electron chi connectivity index (χ2n) is 18.3. The molecule has 3 aliphatic rings. The van der Waals surface area contributed by atoms with Gasteiger partial charge in [-0.15, -0.1) is 11.3 Å². The molecule has 0 N–H and O–H groups in total. The molecular formula is C62H41NS. The van der Waals surface area contributed by atoms with Crippen LogP contribution in [0.4, 0.5) is 17.1 Å². The number of thiophene rings is 1. The summed E-state index contributed by atoms with van der Waals surface area (Å²) in [5, 5.41) is 5.15. The normalized spacial score (nSPS) is 14.3. The maximum Gasteiger partial charge on any atom is 0.0726 e. The van der Waals surface area contributed by atoms with E-state index in [4.69, 9.17) is 0 Å². The number of nitrogens with zero attached hydrogens (tertiary/aromatic N) is 1. The van der Waals surface area contributed by atoms with Crippen LogP contribution in [0, 0.1) is 0 Å². The third-order valence-corrected chi connectivity index (χ3v) is 16.0. The minimum absolute atomic E-state index is 0.246. The zero-order chi connectivity index (χ0) is 42.3. The molecule has 0 saturated heterocycles. The molecule has 0 fully saturated rings. The molecule has 64 heavy (non-hydrogen) atoms. The molecule has 0 amide bonds. The first kappa shape index (κ1) is 36.0. The summed E-state index contributed by atoms with van der Waals surface area (Å²) < 4.78 is 2.68. The number of benzene rings is 10. The monoisotopic (exact) mass is 831 g/mol. The van der Waals surface area contributed by atoms with Gasteiger partial charge in [-0.2, -0.15) is 0 Å². The molecular weight excluding hydrogens is 791 g/mol. The third kappa shape index (κ3) is 4.68. The minimum atomic E-state index is -0.434. The zero-order valence-corrected chi connectivity index (χ0v) is 36.4. The van der Waals surface area contributed by atoms with Crippen molar-refractivity contribution in [3.05, 3.63) is 246 Å². The zero-order valence-electron chi connectivity index (χ0n) is 35.6. The molecule has 0 radical (unpaired) electrons. The van der Waals surface area contributed by atoms with Crippen molar-refractivity contribution < 1.29 is 0 Å². The molecule has 3 aliphatic carbocycles. The Bertz CT molecular complexity index is 3710. The Morgan fingerprint density at radius 2 is 0.891 bits per heavy atom. The number of fused-ring (bicyclic) bond motifs is 17. The van der Waals surface area contributed by atoms with Crippen LogP contribution in [0.2, 0.25) is 0 Å². The smallest absolute Gasteiger partial charge is 0.0726 e. The Kier molecular flexibility index (Phi) is 7.32. The largest absolute Gasteiger partial charge is 0.310 e. The molecule has 0 atom stereocenters. The standard InChI is InChI=1S/C62H41NS/c1-61(2)53-35-42(31-33-48(53)59-55(61)37-57-60(49-23-11-15-27-56(49)64-57)58(59)39-17-4-3-5-18-39)63(41-29-28-38-16-6-7-19-40(38)34-41)43-30-32-47-46-22-10-14-26-52(46)62(54(47)36-43)50-24-12-8-20-44(50)45-21-9-13-25-51(45)62/h3-37H,1-2H3. The highest BCUT2D eigenvalue weighted by Crippen LogP contribution is 2.64. The first-order valence-corrected chi connectivity index (χ1v) is 23.2. The van der Waals surface area contributed by atoms with Gasteiger partial charge in [0.25, 0.3) is 0 Å². The van der Waals surface area contributed by atoms with Gasteiger partial charge < -0.3 is 4.90 Å². The van der Waals surface area contributed by atoms with Crippen molar-refractivity contribution >= 4 is 59.3 Å². The van der Waals surface area contributed by atoms with E-state index in [1.807, 2.05) is 11.3 Å².